The van der Waals surface area contributed by atoms with Gasteiger partial charge in [-0.15, -0.1) is 0 Å². The zero-order chi connectivity index (χ0) is 14.5. The van der Waals surface area contributed by atoms with E-state index < -0.39 is 0 Å². The lowest BCUT2D eigenvalue weighted by atomic mass is 9.93. The molecule has 0 atom stereocenters. The molecular formula is C15H24N2O2. The largest absolute Gasteiger partial charge is 0.497 e. The second kappa shape index (κ2) is 6.57. The van der Waals surface area contributed by atoms with Crippen LogP contribution in [0, 0.1) is 5.41 Å². The monoisotopic (exact) mass is 264 g/mol. The number of carbonyl (C=O) groups is 1. The molecule has 4 nitrogen and oxygen atoms in total. The summed E-state index contributed by atoms with van der Waals surface area (Å²) in [5, 5.41) is 0. The van der Waals surface area contributed by atoms with Gasteiger partial charge in [0.25, 0.3) is 5.91 Å². The number of nitrogens with two attached hydrogens (primary N) is 1. The second-order valence-corrected chi connectivity index (χ2v) is 5.42. The van der Waals surface area contributed by atoms with Crippen LogP contribution in [0.15, 0.2) is 24.3 Å². The Hall–Kier alpha value is -1.55. The van der Waals surface area contributed by atoms with Crippen molar-refractivity contribution >= 4 is 5.91 Å². The molecule has 19 heavy (non-hydrogen) atoms. The van der Waals surface area contributed by atoms with Crippen molar-refractivity contribution in [3.05, 3.63) is 29.8 Å². The summed E-state index contributed by atoms with van der Waals surface area (Å²) in [5.41, 5.74) is 6.34. The van der Waals surface area contributed by atoms with Gasteiger partial charge >= 0.3 is 0 Å². The van der Waals surface area contributed by atoms with E-state index in [9.17, 15) is 4.79 Å². The van der Waals surface area contributed by atoms with E-state index in [2.05, 4.69) is 13.8 Å². The van der Waals surface area contributed by atoms with E-state index in [1.165, 1.54) is 0 Å². The first-order valence-corrected chi connectivity index (χ1v) is 6.57. The standard InChI is InChI=1S/C15H24N2O2/c1-5-17(11-15(2,3)10-16)14(18)12-6-8-13(19-4)9-7-12/h6-9H,5,10-11,16H2,1-4H3. The van der Waals surface area contributed by atoms with Crippen LogP contribution in [-0.2, 0) is 0 Å². The van der Waals surface area contributed by atoms with Crippen LogP contribution in [0.5, 0.6) is 5.75 Å². The molecule has 1 rings (SSSR count). The van der Waals surface area contributed by atoms with Crippen LogP contribution in [0.3, 0.4) is 0 Å². The SMILES string of the molecule is CCN(CC(C)(C)CN)C(=O)c1ccc(OC)cc1. The molecule has 0 saturated heterocycles. The third kappa shape index (κ3) is 4.24. The number of rotatable bonds is 6. The normalized spacial score (nSPS) is 11.2. The van der Waals surface area contributed by atoms with Crippen molar-refractivity contribution in [1.82, 2.24) is 4.90 Å². The van der Waals surface area contributed by atoms with Crippen molar-refractivity contribution in [2.75, 3.05) is 26.7 Å². The molecule has 1 aromatic rings. The molecule has 0 fully saturated rings. The Bertz CT molecular complexity index is 413. The molecule has 0 bridgehead atoms. The lowest BCUT2D eigenvalue weighted by molar-refractivity contribution is 0.0701. The number of methoxy groups -OCH3 is 1. The first kappa shape index (κ1) is 15.5. The molecule has 0 aliphatic carbocycles. The van der Waals surface area contributed by atoms with E-state index in [0.29, 0.717) is 25.2 Å². The van der Waals surface area contributed by atoms with E-state index in [-0.39, 0.29) is 11.3 Å². The molecule has 0 spiro atoms. The van der Waals surface area contributed by atoms with Gasteiger partial charge in [-0.25, -0.2) is 0 Å². The maximum atomic E-state index is 12.4. The summed E-state index contributed by atoms with van der Waals surface area (Å²) < 4.78 is 5.09. The third-order valence-electron chi connectivity index (χ3n) is 3.18. The average molecular weight is 264 g/mol. The third-order valence-corrected chi connectivity index (χ3v) is 3.18. The van der Waals surface area contributed by atoms with Gasteiger partial charge in [0.05, 0.1) is 7.11 Å². The van der Waals surface area contributed by atoms with Gasteiger partial charge in [0, 0.05) is 18.7 Å². The van der Waals surface area contributed by atoms with Crippen molar-refractivity contribution in [3.63, 3.8) is 0 Å². The highest BCUT2D eigenvalue weighted by Crippen LogP contribution is 2.18. The fourth-order valence-electron chi connectivity index (χ4n) is 1.82. The Morgan fingerprint density at radius 1 is 1.32 bits per heavy atom. The van der Waals surface area contributed by atoms with Crippen molar-refractivity contribution < 1.29 is 9.53 Å². The zero-order valence-electron chi connectivity index (χ0n) is 12.3. The summed E-state index contributed by atoms with van der Waals surface area (Å²) in [6.45, 7) is 8.00. The lowest BCUT2D eigenvalue weighted by Gasteiger charge is -2.31. The highest BCUT2D eigenvalue weighted by atomic mass is 16.5. The molecule has 0 unspecified atom stereocenters. The number of benzene rings is 1. The van der Waals surface area contributed by atoms with Crippen LogP contribution in [0.2, 0.25) is 0 Å². The summed E-state index contributed by atoms with van der Waals surface area (Å²) in [7, 11) is 1.61. The Labute approximate surface area is 115 Å². The van der Waals surface area contributed by atoms with Crippen LogP contribution < -0.4 is 10.5 Å². The molecule has 0 aliphatic rings. The van der Waals surface area contributed by atoms with E-state index in [0.717, 1.165) is 5.75 Å². The highest BCUT2D eigenvalue weighted by Gasteiger charge is 2.23. The van der Waals surface area contributed by atoms with E-state index in [1.54, 1.807) is 31.4 Å². The molecule has 0 radical (unpaired) electrons. The smallest absolute Gasteiger partial charge is 0.253 e. The van der Waals surface area contributed by atoms with Gasteiger partial charge in [0.2, 0.25) is 0 Å². The van der Waals surface area contributed by atoms with Crippen LogP contribution >= 0.6 is 0 Å². The summed E-state index contributed by atoms with van der Waals surface area (Å²) >= 11 is 0. The van der Waals surface area contributed by atoms with Crippen LogP contribution in [0.4, 0.5) is 0 Å². The van der Waals surface area contributed by atoms with Gasteiger partial charge in [-0.3, -0.25) is 4.79 Å². The predicted molar refractivity (Wildman–Crippen MR) is 77.4 cm³/mol. The minimum atomic E-state index is -0.0713. The van der Waals surface area contributed by atoms with Gasteiger partial charge in [-0.2, -0.15) is 0 Å². The number of carbonyl (C=O) groups excluding carboxylic acids is 1. The van der Waals surface area contributed by atoms with Crippen molar-refractivity contribution in [2.24, 2.45) is 11.1 Å². The fraction of sp³-hybridized carbons (Fsp3) is 0.533. The predicted octanol–water partition coefficient (Wildman–Crippen LogP) is 2.14. The van der Waals surface area contributed by atoms with E-state index in [4.69, 9.17) is 10.5 Å². The summed E-state index contributed by atoms with van der Waals surface area (Å²) in [5.74, 6) is 0.786. The van der Waals surface area contributed by atoms with Crippen molar-refractivity contribution in [3.8, 4) is 5.75 Å². The first-order valence-electron chi connectivity index (χ1n) is 6.57. The van der Waals surface area contributed by atoms with E-state index in [1.807, 2.05) is 11.8 Å². The van der Waals surface area contributed by atoms with Crippen LogP contribution in [0.1, 0.15) is 31.1 Å². The number of amides is 1. The van der Waals surface area contributed by atoms with E-state index >= 15 is 0 Å². The summed E-state index contributed by atoms with van der Waals surface area (Å²) in [4.78, 5) is 14.2. The Morgan fingerprint density at radius 3 is 2.32 bits per heavy atom. The molecule has 0 aromatic heterocycles. The Kier molecular flexibility index (Phi) is 5.36. The minimum Gasteiger partial charge on any atom is -0.497 e. The van der Waals surface area contributed by atoms with Crippen LogP contribution in [-0.4, -0.2) is 37.6 Å². The molecule has 106 valence electrons. The molecule has 0 heterocycles. The van der Waals surface area contributed by atoms with Gasteiger partial charge in [0.15, 0.2) is 0 Å². The quantitative estimate of drug-likeness (QED) is 0.856. The number of hydrogen-bond donors (Lipinski definition) is 1. The summed E-state index contributed by atoms with van der Waals surface area (Å²) in [6.07, 6.45) is 0. The van der Waals surface area contributed by atoms with Crippen molar-refractivity contribution in [2.45, 2.75) is 20.8 Å². The van der Waals surface area contributed by atoms with Gasteiger partial charge in [0.1, 0.15) is 5.75 Å². The van der Waals surface area contributed by atoms with Gasteiger partial charge in [-0.05, 0) is 43.1 Å². The topological polar surface area (TPSA) is 55.6 Å². The fourth-order valence-corrected chi connectivity index (χ4v) is 1.82. The molecule has 4 heteroatoms. The first-order chi connectivity index (χ1) is 8.93. The number of hydrogen-bond acceptors (Lipinski definition) is 3. The molecule has 2 N–H and O–H groups in total. The minimum absolute atomic E-state index is 0.0340. The average Bonchev–Trinajstić information content (AvgIpc) is 2.44. The highest BCUT2D eigenvalue weighted by molar-refractivity contribution is 5.94. The Balaban J connectivity index is 2.83. The molecule has 0 saturated carbocycles. The molecular weight excluding hydrogens is 240 g/mol. The maximum Gasteiger partial charge on any atom is 0.253 e. The van der Waals surface area contributed by atoms with Gasteiger partial charge in [-0.1, -0.05) is 13.8 Å². The van der Waals surface area contributed by atoms with Crippen LogP contribution in [0.25, 0.3) is 0 Å². The number of nitrogens with zero attached hydrogens (tertiary/aromatic N) is 1. The Morgan fingerprint density at radius 2 is 1.89 bits per heavy atom. The lowest BCUT2D eigenvalue weighted by Crippen LogP contribution is -2.41. The van der Waals surface area contributed by atoms with Gasteiger partial charge < -0.3 is 15.4 Å². The molecule has 0 aliphatic heterocycles. The molecule has 1 amide bonds. The maximum absolute atomic E-state index is 12.4. The second-order valence-electron chi connectivity index (χ2n) is 5.42. The summed E-state index contributed by atoms with van der Waals surface area (Å²) in [6, 6.07) is 7.18. The number of ether oxygens (including phenoxy) is 1. The zero-order valence-corrected chi connectivity index (χ0v) is 12.3. The van der Waals surface area contributed by atoms with Crippen molar-refractivity contribution in [1.29, 1.82) is 0 Å². The molecule has 1 aromatic carbocycles.